The van der Waals surface area contributed by atoms with E-state index in [2.05, 4.69) is 5.32 Å². The third-order valence-electron chi connectivity index (χ3n) is 6.64. The zero-order valence-electron chi connectivity index (χ0n) is 17.7. The fraction of sp³-hybridized carbons (Fsp3) is 0.240. The fourth-order valence-corrected chi connectivity index (χ4v) is 7.35. The van der Waals surface area contributed by atoms with Crippen molar-refractivity contribution in [2.45, 2.75) is 33.9 Å². The number of aromatic carboxylic acids is 1. The highest BCUT2D eigenvalue weighted by Crippen LogP contribution is 2.58. The number of halogens is 2. The van der Waals surface area contributed by atoms with Crippen LogP contribution in [-0.2, 0) is 0 Å². The zero-order valence-corrected chi connectivity index (χ0v) is 20.1. The van der Waals surface area contributed by atoms with E-state index in [0.717, 1.165) is 16.8 Å². The van der Waals surface area contributed by atoms with E-state index >= 15 is 0 Å². The molecule has 1 saturated carbocycles. The Labute approximate surface area is 210 Å². The molecule has 1 fully saturated rings. The molecule has 3 aromatic rings. The summed E-state index contributed by atoms with van der Waals surface area (Å²) in [5, 5.41) is 24.8. The Balaban J connectivity index is 1.57. The molecule has 5 rings (SSSR count). The minimum atomic E-state index is -0.998. The van der Waals surface area contributed by atoms with E-state index in [1.165, 1.54) is 17.8 Å². The SMILES string of the molecule is O=C(O)c1ccc2c(c1)[C@@H]1[C@H](Cl)[C@H](Sc3ccccc3[N+](=O)[O-])C[C@H]1[C@H](c1ccccc1Cl)N2. The van der Waals surface area contributed by atoms with Crippen molar-refractivity contribution in [1.29, 1.82) is 0 Å². The first-order chi connectivity index (χ1) is 16.3. The molecule has 34 heavy (non-hydrogen) atoms. The van der Waals surface area contributed by atoms with Gasteiger partial charge in [-0.05, 0) is 53.8 Å². The minimum Gasteiger partial charge on any atom is -0.478 e. The lowest BCUT2D eigenvalue weighted by Gasteiger charge is -2.38. The number of thioether (sulfide) groups is 1. The van der Waals surface area contributed by atoms with Gasteiger partial charge in [0.05, 0.1) is 26.8 Å². The number of anilines is 1. The van der Waals surface area contributed by atoms with Crippen molar-refractivity contribution in [3.05, 3.63) is 98.6 Å². The largest absolute Gasteiger partial charge is 0.478 e. The number of benzene rings is 3. The maximum atomic E-state index is 11.7. The van der Waals surface area contributed by atoms with E-state index in [4.69, 9.17) is 23.2 Å². The molecule has 1 aliphatic heterocycles. The summed E-state index contributed by atoms with van der Waals surface area (Å²) in [4.78, 5) is 23.4. The topological polar surface area (TPSA) is 92.5 Å². The van der Waals surface area contributed by atoms with Gasteiger partial charge in [-0.2, -0.15) is 0 Å². The Morgan fingerprint density at radius 1 is 1.09 bits per heavy atom. The van der Waals surface area contributed by atoms with Crippen LogP contribution >= 0.6 is 35.0 Å². The molecule has 0 bridgehead atoms. The highest BCUT2D eigenvalue weighted by atomic mass is 35.5. The third-order valence-corrected chi connectivity index (χ3v) is 9.10. The van der Waals surface area contributed by atoms with Crippen LogP contribution in [0.1, 0.15) is 39.9 Å². The summed E-state index contributed by atoms with van der Waals surface area (Å²) in [6.45, 7) is 0. The number of alkyl halides is 1. The van der Waals surface area contributed by atoms with Gasteiger partial charge in [0.15, 0.2) is 0 Å². The van der Waals surface area contributed by atoms with Gasteiger partial charge in [-0.25, -0.2) is 4.79 Å². The molecule has 3 aromatic carbocycles. The second kappa shape index (κ2) is 9.13. The third kappa shape index (κ3) is 4.02. The summed E-state index contributed by atoms with van der Waals surface area (Å²) in [5.74, 6) is -1.11. The van der Waals surface area contributed by atoms with Crippen LogP contribution in [0.15, 0.2) is 71.6 Å². The number of hydrogen-bond donors (Lipinski definition) is 2. The van der Waals surface area contributed by atoms with Gasteiger partial charge in [-0.3, -0.25) is 10.1 Å². The first-order valence-corrected chi connectivity index (χ1v) is 12.5. The van der Waals surface area contributed by atoms with Crippen LogP contribution in [0.5, 0.6) is 0 Å². The van der Waals surface area contributed by atoms with E-state index in [0.29, 0.717) is 16.3 Å². The highest BCUT2D eigenvalue weighted by molar-refractivity contribution is 8.00. The summed E-state index contributed by atoms with van der Waals surface area (Å²) in [5.41, 5.74) is 2.90. The normalized spacial score (nSPS) is 25.2. The van der Waals surface area contributed by atoms with Gasteiger partial charge in [0, 0.05) is 27.9 Å². The molecule has 0 aromatic heterocycles. The zero-order chi connectivity index (χ0) is 24.0. The molecular weight excluding hydrogens is 495 g/mol. The summed E-state index contributed by atoms with van der Waals surface area (Å²) < 4.78 is 0. The first-order valence-electron chi connectivity index (χ1n) is 10.8. The van der Waals surface area contributed by atoms with Gasteiger partial charge in [-0.15, -0.1) is 23.4 Å². The van der Waals surface area contributed by atoms with Crippen molar-refractivity contribution in [1.82, 2.24) is 0 Å². The average Bonchev–Trinajstić information content (AvgIpc) is 3.15. The van der Waals surface area contributed by atoms with Gasteiger partial charge < -0.3 is 10.4 Å². The van der Waals surface area contributed by atoms with E-state index in [-0.39, 0.29) is 44.7 Å². The molecule has 0 spiro atoms. The second-order valence-electron chi connectivity index (χ2n) is 8.50. The number of fused-ring (bicyclic) bond motifs is 3. The number of para-hydroxylation sites is 1. The maximum absolute atomic E-state index is 11.7. The van der Waals surface area contributed by atoms with Crippen molar-refractivity contribution in [2.24, 2.45) is 5.92 Å². The predicted octanol–water partition coefficient (Wildman–Crippen LogP) is 6.99. The monoisotopic (exact) mass is 514 g/mol. The second-order valence-corrected chi connectivity index (χ2v) is 10.7. The maximum Gasteiger partial charge on any atom is 0.335 e. The Bertz CT molecular complexity index is 1290. The first kappa shape index (κ1) is 23.0. The van der Waals surface area contributed by atoms with E-state index < -0.39 is 5.97 Å². The van der Waals surface area contributed by atoms with Crippen LogP contribution < -0.4 is 5.32 Å². The number of nitrogens with zero attached hydrogens (tertiary/aromatic N) is 1. The lowest BCUT2D eigenvalue weighted by atomic mass is 9.77. The Kier molecular flexibility index (Phi) is 6.18. The van der Waals surface area contributed by atoms with Crippen LogP contribution in [-0.4, -0.2) is 26.6 Å². The van der Waals surface area contributed by atoms with Crippen molar-refractivity contribution in [3.8, 4) is 0 Å². The number of rotatable bonds is 5. The molecule has 6 nitrogen and oxygen atoms in total. The Hall–Kier alpha value is -2.74. The number of carbonyl (C=O) groups is 1. The number of hydrogen-bond acceptors (Lipinski definition) is 5. The van der Waals surface area contributed by atoms with Gasteiger partial charge in [0.25, 0.3) is 5.69 Å². The Morgan fingerprint density at radius 2 is 1.82 bits per heavy atom. The molecule has 1 heterocycles. The van der Waals surface area contributed by atoms with Crippen LogP contribution in [0, 0.1) is 16.0 Å². The van der Waals surface area contributed by atoms with Gasteiger partial charge in [0.1, 0.15) is 0 Å². The molecule has 2 aliphatic rings. The standard InChI is InChI=1S/C25H20Cl2N2O4S/c26-17-6-2-1-5-14(17)24-16-12-21(34-20-8-4-3-7-19(20)29(32)33)23(27)22(16)15-11-13(25(30)31)9-10-18(15)28-24/h1-11,16,21-24,28H,12H2,(H,30,31)/t16-,21-,22+,23-,24+/m1/s1. The molecule has 0 amide bonds. The summed E-state index contributed by atoms with van der Waals surface area (Å²) >= 11 is 15.1. The van der Waals surface area contributed by atoms with Crippen LogP contribution in [0.2, 0.25) is 5.02 Å². The van der Waals surface area contributed by atoms with Crippen LogP contribution in [0.3, 0.4) is 0 Å². The molecule has 1 aliphatic carbocycles. The summed E-state index contributed by atoms with van der Waals surface area (Å²) in [6, 6.07) is 19.3. The van der Waals surface area contributed by atoms with Crippen LogP contribution in [0.25, 0.3) is 0 Å². The molecular formula is C25H20Cl2N2O4S. The number of carboxylic acids is 1. The fourth-order valence-electron chi connectivity index (χ4n) is 5.15. The molecule has 174 valence electrons. The predicted molar refractivity (Wildman–Crippen MR) is 134 cm³/mol. The van der Waals surface area contributed by atoms with Gasteiger partial charge in [-0.1, -0.05) is 41.9 Å². The lowest BCUT2D eigenvalue weighted by molar-refractivity contribution is -0.387. The summed E-state index contributed by atoms with van der Waals surface area (Å²) in [7, 11) is 0. The van der Waals surface area contributed by atoms with Crippen molar-refractivity contribution < 1.29 is 14.8 Å². The quantitative estimate of drug-likeness (QED) is 0.216. The molecule has 0 saturated heterocycles. The highest BCUT2D eigenvalue weighted by Gasteiger charge is 2.50. The smallest absolute Gasteiger partial charge is 0.335 e. The minimum absolute atomic E-state index is 0.0270. The molecule has 0 unspecified atom stereocenters. The average molecular weight is 515 g/mol. The number of nitrogens with one attached hydrogen (secondary N) is 1. The van der Waals surface area contributed by atoms with E-state index in [1.807, 2.05) is 24.3 Å². The summed E-state index contributed by atoms with van der Waals surface area (Å²) in [6.07, 6.45) is 0.690. The number of nitro benzene ring substituents is 1. The molecule has 5 atom stereocenters. The number of carboxylic acid groups (broad SMARTS) is 1. The number of nitro groups is 1. The lowest BCUT2D eigenvalue weighted by Crippen LogP contribution is -2.31. The Morgan fingerprint density at radius 3 is 2.56 bits per heavy atom. The van der Waals surface area contributed by atoms with Crippen molar-refractivity contribution >= 4 is 52.3 Å². The van der Waals surface area contributed by atoms with Gasteiger partial charge in [0.2, 0.25) is 0 Å². The van der Waals surface area contributed by atoms with E-state index in [9.17, 15) is 20.0 Å². The molecule has 2 N–H and O–H groups in total. The van der Waals surface area contributed by atoms with Crippen molar-refractivity contribution in [2.75, 3.05) is 5.32 Å². The van der Waals surface area contributed by atoms with Crippen molar-refractivity contribution in [3.63, 3.8) is 0 Å². The molecule has 9 heteroatoms. The van der Waals surface area contributed by atoms with E-state index in [1.54, 1.807) is 36.4 Å². The molecule has 0 radical (unpaired) electrons. The van der Waals surface area contributed by atoms with Crippen LogP contribution in [0.4, 0.5) is 11.4 Å². The van der Waals surface area contributed by atoms with Gasteiger partial charge >= 0.3 is 5.97 Å².